The van der Waals surface area contributed by atoms with Crippen molar-refractivity contribution < 1.29 is 177 Å². The Morgan fingerprint density at radius 1 is 0.250 bits per heavy atom. The van der Waals surface area contributed by atoms with Gasteiger partial charge in [-0.05, 0) is 24.0 Å². The van der Waals surface area contributed by atoms with Gasteiger partial charge in [0.1, 0.15) is 0 Å². The minimum Gasteiger partial charge on any atom is -0.278 e. The molecule has 64 heavy (non-hydrogen) atoms. The summed E-state index contributed by atoms with van der Waals surface area (Å²) in [5.41, 5.74) is 2.82. The van der Waals surface area contributed by atoms with E-state index in [1.807, 2.05) is 12.1 Å². The fourth-order valence-electron chi connectivity index (χ4n) is 3.41. The molecule has 0 aromatic heterocycles. The van der Waals surface area contributed by atoms with Gasteiger partial charge in [0, 0.05) is 0 Å². The minimum absolute atomic E-state index is 0. The van der Waals surface area contributed by atoms with E-state index < -0.39 is 116 Å². The zero-order chi connectivity index (χ0) is 46.0. The quantitative estimate of drug-likeness (QED) is 0.0533. The summed E-state index contributed by atoms with van der Waals surface area (Å²) in [7, 11) is 0. The van der Waals surface area contributed by atoms with Gasteiger partial charge < -0.3 is 0 Å². The summed E-state index contributed by atoms with van der Waals surface area (Å²) < 4.78 is 239. The van der Waals surface area contributed by atoms with Gasteiger partial charge >= 0.3 is 89.5 Å². The Morgan fingerprint density at radius 2 is 0.391 bits per heavy atom. The van der Waals surface area contributed by atoms with Gasteiger partial charge in [0.05, 0.1) is 116 Å². The Kier molecular flexibility index (Phi) is 35.2. The minimum atomic E-state index is -2.17. The third-order valence-corrected chi connectivity index (χ3v) is 6.46. The number of hydrogen-bond donors (Lipinski definition) is 0. The van der Waals surface area contributed by atoms with Gasteiger partial charge in [-0.3, -0.25) is 35.1 Å². The van der Waals surface area contributed by atoms with Gasteiger partial charge in [-0.15, -0.1) is 24.3 Å². The molecule has 24 heteroatoms. The van der Waals surface area contributed by atoms with E-state index in [1.165, 1.54) is 11.1 Å². The fourth-order valence-corrected chi connectivity index (χ4v) is 3.41. The Morgan fingerprint density at radius 3 is 0.500 bits per heavy atom. The average Bonchev–Trinajstić information content (AvgIpc) is 3.25. The molecule has 0 radical (unpaired) electrons. The van der Waals surface area contributed by atoms with Crippen molar-refractivity contribution in [3.63, 3.8) is 0 Å². The molecule has 0 amide bonds. The Balaban J connectivity index is -0.000000335. The van der Waals surface area contributed by atoms with E-state index >= 15 is 0 Å². The predicted octanol–water partition coefficient (Wildman–Crippen LogP) is 13.2. The van der Waals surface area contributed by atoms with Crippen LogP contribution in [0.15, 0.2) is 60.7 Å². The summed E-state index contributed by atoms with van der Waals surface area (Å²) in [6.45, 7) is 4.32. The Labute approximate surface area is 413 Å². The second-order valence-corrected chi connectivity index (χ2v) is 10.5. The molecular formula is C40H20Ag4F20. The molecule has 0 aliphatic heterocycles. The molecule has 0 aliphatic rings. The molecule has 6 rings (SSSR count). The summed E-state index contributed by atoms with van der Waals surface area (Å²) in [6.07, 6.45) is 2.28. The van der Waals surface area contributed by atoms with Crippen LogP contribution in [0.3, 0.4) is 0 Å². The number of hydrogen-bond acceptors (Lipinski definition) is 0. The molecule has 0 saturated carbocycles. The maximum absolute atomic E-state index is 12.0. The number of benzene rings is 6. The van der Waals surface area contributed by atoms with E-state index in [4.69, 9.17) is 0 Å². The van der Waals surface area contributed by atoms with Crippen molar-refractivity contribution in [1.29, 1.82) is 0 Å². The van der Waals surface area contributed by atoms with E-state index in [0.717, 1.165) is 37.1 Å². The van der Waals surface area contributed by atoms with Crippen molar-refractivity contribution in [2.45, 2.75) is 26.7 Å². The third-order valence-electron chi connectivity index (χ3n) is 6.46. The molecule has 0 heterocycles. The maximum atomic E-state index is 12.0. The normalized spacial score (nSPS) is 9.34. The number of aryl methyl sites for hydroxylation is 2. The average molecular weight is 1310 g/mol. The van der Waals surface area contributed by atoms with Gasteiger partial charge in [-0.1, -0.05) is 74.5 Å². The second kappa shape index (κ2) is 33.4. The summed E-state index contributed by atoms with van der Waals surface area (Å²) in [6, 6.07) is 25.0. The number of rotatable bonds is 2. The third kappa shape index (κ3) is 21.0. The van der Waals surface area contributed by atoms with Crippen LogP contribution in [-0.4, -0.2) is 0 Å². The molecule has 0 nitrogen and oxygen atoms in total. The van der Waals surface area contributed by atoms with Crippen LogP contribution < -0.4 is 0 Å². The summed E-state index contributed by atoms with van der Waals surface area (Å²) in [5, 5.41) is 0. The van der Waals surface area contributed by atoms with Crippen LogP contribution in [0.1, 0.15) is 25.0 Å². The van der Waals surface area contributed by atoms with Crippen LogP contribution in [0.4, 0.5) is 87.8 Å². The first-order chi connectivity index (χ1) is 28.0. The summed E-state index contributed by atoms with van der Waals surface area (Å²) >= 11 is 0. The van der Waals surface area contributed by atoms with E-state index in [9.17, 15) is 87.8 Å². The van der Waals surface area contributed by atoms with Gasteiger partial charge in [0.2, 0.25) is 0 Å². The van der Waals surface area contributed by atoms with E-state index in [2.05, 4.69) is 62.4 Å². The van der Waals surface area contributed by atoms with Crippen molar-refractivity contribution in [3.05, 3.63) is 212 Å². The first-order valence-corrected chi connectivity index (χ1v) is 15.7. The van der Waals surface area contributed by atoms with Crippen LogP contribution in [0.5, 0.6) is 0 Å². The molecule has 0 saturated heterocycles. The van der Waals surface area contributed by atoms with E-state index in [-0.39, 0.29) is 89.5 Å². The standard InChI is InChI=1S/2C8H10.4C6F5.4Ag/c2*1-2-8-6-4-3-5-7-8;4*7-2-1-3(8)5(10)6(11)4(2)9;;;;/h2*3-7H,2H2,1H3;;;;;;;;/q;;4*-1;4*+1. The monoisotopic (exact) mass is 1310 g/mol. The van der Waals surface area contributed by atoms with Crippen molar-refractivity contribution in [1.82, 2.24) is 0 Å². The largest absolute Gasteiger partial charge is 1.00 e. The fraction of sp³-hybridized carbons (Fsp3) is 0.100. The zero-order valence-electron chi connectivity index (χ0n) is 31.0. The van der Waals surface area contributed by atoms with Gasteiger partial charge in [0.15, 0.2) is 0 Å². The predicted molar refractivity (Wildman–Crippen MR) is 172 cm³/mol. The molecule has 0 unspecified atom stereocenters. The molecule has 0 spiro atoms. The zero-order valence-corrected chi connectivity index (χ0v) is 36.9. The SMILES string of the molecule is CCc1ccccc1.CCc1ccccc1.Fc1[c-]c(F)c(F)c(F)c1F.Fc1[c-]c(F)c(F)c(F)c1F.Fc1[c-]c(F)c(F)c(F)c1F.Fc1[c-]c(F)c(F)c(F)c1F.[Ag+].[Ag+].[Ag+].[Ag+]. The van der Waals surface area contributed by atoms with E-state index in [1.54, 1.807) is 0 Å². The second-order valence-electron chi connectivity index (χ2n) is 10.5. The van der Waals surface area contributed by atoms with Crippen molar-refractivity contribution >= 4 is 0 Å². The molecule has 0 bridgehead atoms. The molecule has 364 valence electrons. The van der Waals surface area contributed by atoms with Gasteiger partial charge in [0.25, 0.3) is 0 Å². The molecule has 0 aliphatic carbocycles. The summed E-state index contributed by atoms with van der Waals surface area (Å²) in [4.78, 5) is 0. The topological polar surface area (TPSA) is 0 Å². The van der Waals surface area contributed by atoms with Crippen LogP contribution in [0, 0.1) is 141 Å². The van der Waals surface area contributed by atoms with Crippen LogP contribution in [0.2, 0.25) is 0 Å². The first-order valence-electron chi connectivity index (χ1n) is 15.7. The Hall–Kier alpha value is -3.12. The van der Waals surface area contributed by atoms with Crippen LogP contribution in [-0.2, 0) is 102 Å². The van der Waals surface area contributed by atoms with Crippen LogP contribution >= 0.6 is 0 Å². The Bertz CT molecular complexity index is 1930. The van der Waals surface area contributed by atoms with Gasteiger partial charge in [-0.2, -0.15) is 0 Å². The van der Waals surface area contributed by atoms with Crippen molar-refractivity contribution in [2.24, 2.45) is 0 Å². The van der Waals surface area contributed by atoms with Gasteiger partial charge in [-0.25, -0.2) is 52.7 Å². The molecule has 0 atom stereocenters. The van der Waals surface area contributed by atoms with E-state index in [0.29, 0.717) is 0 Å². The van der Waals surface area contributed by atoms with Crippen molar-refractivity contribution in [3.8, 4) is 0 Å². The van der Waals surface area contributed by atoms with Crippen LogP contribution in [0.25, 0.3) is 0 Å². The number of halogens is 20. The van der Waals surface area contributed by atoms with Crippen molar-refractivity contribution in [2.75, 3.05) is 0 Å². The molecule has 6 aromatic carbocycles. The molecule has 0 fully saturated rings. The maximum Gasteiger partial charge on any atom is 1.00 e. The molecule has 0 N–H and O–H groups in total. The molecular weight excluding hydrogens is 1290 g/mol. The first kappa shape index (κ1) is 67.5. The smallest absolute Gasteiger partial charge is 0.278 e. The summed E-state index contributed by atoms with van der Waals surface area (Å²) in [5.74, 6) is -40.2. The molecule has 6 aromatic rings.